The summed E-state index contributed by atoms with van der Waals surface area (Å²) < 4.78 is 49.1. The molecule has 120 valence electrons. The molecule has 22 heavy (non-hydrogen) atoms. The van der Waals surface area contributed by atoms with Crippen LogP contribution in [0, 0.1) is 5.82 Å². The molecule has 2 fully saturated rings. The fourth-order valence-corrected chi connectivity index (χ4v) is 3.66. The highest BCUT2D eigenvalue weighted by molar-refractivity contribution is 7.87. The third kappa shape index (κ3) is 2.79. The van der Waals surface area contributed by atoms with Crippen LogP contribution in [-0.4, -0.2) is 39.2 Å². The van der Waals surface area contributed by atoms with Crippen LogP contribution in [0.1, 0.15) is 19.3 Å². The second-order valence-electron chi connectivity index (χ2n) is 5.64. The van der Waals surface area contributed by atoms with E-state index in [4.69, 9.17) is 0 Å². The summed E-state index contributed by atoms with van der Waals surface area (Å²) in [5.74, 6) is -0.974. The van der Waals surface area contributed by atoms with Crippen molar-refractivity contribution in [2.75, 3.05) is 29.4 Å². The molecule has 2 aliphatic heterocycles. The lowest BCUT2D eigenvalue weighted by Gasteiger charge is -2.21. The third-order valence-electron chi connectivity index (χ3n) is 4.18. The van der Waals surface area contributed by atoms with Crippen molar-refractivity contribution < 1.29 is 21.5 Å². The molecule has 1 atom stereocenters. The van der Waals surface area contributed by atoms with E-state index in [1.165, 1.54) is 6.07 Å². The minimum atomic E-state index is -4.77. The standard InChI is InChI=1S/C14H16F2N2O3S/c15-12-7-10(3-4-13(12)17-5-1-2-6-17)18-9-11(8-14(18)19)22(16,20)21/h3-4,7,11H,1-2,5-6,8-9H2. The molecule has 1 aromatic rings. The van der Waals surface area contributed by atoms with Crippen LogP contribution < -0.4 is 9.80 Å². The van der Waals surface area contributed by atoms with Crippen LogP contribution in [-0.2, 0) is 15.0 Å². The normalized spacial score (nSPS) is 22.6. The number of carbonyl (C=O) groups excluding carboxylic acids is 1. The zero-order chi connectivity index (χ0) is 15.9. The summed E-state index contributed by atoms with van der Waals surface area (Å²) in [6, 6.07) is 4.36. The smallest absolute Gasteiger partial charge is 0.307 e. The maximum absolute atomic E-state index is 14.2. The number of rotatable bonds is 3. The van der Waals surface area contributed by atoms with Gasteiger partial charge in [-0.05, 0) is 31.0 Å². The van der Waals surface area contributed by atoms with Crippen LogP contribution in [0.4, 0.5) is 19.7 Å². The molecule has 0 bridgehead atoms. The van der Waals surface area contributed by atoms with E-state index >= 15 is 0 Å². The Morgan fingerprint density at radius 3 is 2.41 bits per heavy atom. The molecule has 0 aromatic heterocycles. The van der Waals surface area contributed by atoms with Crippen molar-refractivity contribution in [3.8, 4) is 0 Å². The Bertz CT molecular complexity index is 702. The maximum atomic E-state index is 14.2. The van der Waals surface area contributed by atoms with Crippen LogP contribution in [0.5, 0.6) is 0 Å². The monoisotopic (exact) mass is 330 g/mol. The first-order chi connectivity index (χ1) is 10.4. The van der Waals surface area contributed by atoms with Crippen LogP contribution in [0.3, 0.4) is 0 Å². The SMILES string of the molecule is O=C1CC(S(=O)(=O)F)CN1c1ccc(N2CCCC2)c(F)c1. The molecule has 1 aromatic carbocycles. The fourth-order valence-electron chi connectivity index (χ4n) is 2.99. The van der Waals surface area contributed by atoms with E-state index in [0.717, 1.165) is 30.8 Å². The van der Waals surface area contributed by atoms with Gasteiger partial charge in [0.05, 0.1) is 5.69 Å². The molecule has 2 saturated heterocycles. The number of carbonyl (C=O) groups is 1. The number of benzene rings is 1. The zero-order valence-electron chi connectivity index (χ0n) is 11.8. The number of hydrogen-bond acceptors (Lipinski definition) is 4. The molecule has 0 radical (unpaired) electrons. The molecule has 2 heterocycles. The van der Waals surface area contributed by atoms with Gasteiger partial charge in [0.2, 0.25) is 5.91 Å². The Morgan fingerprint density at radius 1 is 1.18 bits per heavy atom. The summed E-state index contributed by atoms with van der Waals surface area (Å²) in [6.07, 6.45) is 1.62. The maximum Gasteiger partial charge on any atom is 0.307 e. The van der Waals surface area contributed by atoms with Crippen molar-refractivity contribution in [2.45, 2.75) is 24.5 Å². The van der Waals surface area contributed by atoms with Crippen molar-refractivity contribution in [3.63, 3.8) is 0 Å². The average Bonchev–Trinajstić information content (AvgIpc) is 3.07. The Kier molecular flexibility index (Phi) is 3.80. The van der Waals surface area contributed by atoms with Gasteiger partial charge in [-0.1, -0.05) is 0 Å². The van der Waals surface area contributed by atoms with E-state index in [1.54, 1.807) is 12.1 Å². The molecule has 8 heteroatoms. The molecule has 5 nitrogen and oxygen atoms in total. The van der Waals surface area contributed by atoms with Crippen molar-refractivity contribution in [1.82, 2.24) is 0 Å². The van der Waals surface area contributed by atoms with E-state index in [9.17, 15) is 21.5 Å². The lowest BCUT2D eigenvalue weighted by atomic mass is 10.2. The van der Waals surface area contributed by atoms with Crippen molar-refractivity contribution >= 4 is 27.5 Å². The van der Waals surface area contributed by atoms with Crippen LogP contribution in [0.25, 0.3) is 0 Å². The zero-order valence-corrected chi connectivity index (χ0v) is 12.7. The molecule has 0 spiro atoms. The summed E-state index contributed by atoms with van der Waals surface area (Å²) in [5.41, 5.74) is 0.735. The molecule has 1 amide bonds. The second kappa shape index (κ2) is 5.49. The van der Waals surface area contributed by atoms with Gasteiger partial charge >= 0.3 is 10.2 Å². The van der Waals surface area contributed by atoms with E-state index < -0.39 is 33.6 Å². The van der Waals surface area contributed by atoms with E-state index in [1.807, 2.05) is 4.90 Å². The number of halogens is 2. The number of hydrogen-bond donors (Lipinski definition) is 0. The summed E-state index contributed by atoms with van der Waals surface area (Å²) >= 11 is 0. The minimum Gasteiger partial charge on any atom is -0.369 e. The van der Waals surface area contributed by atoms with Crippen LogP contribution in [0.15, 0.2) is 18.2 Å². The highest BCUT2D eigenvalue weighted by Gasteiger charge is 2.39. The van der Waals surface area contributed by atoms with Gasteiger partial charge < -0.3 is 9.80 Å². The van der Waals surface area contributed by atoms with Gasteiger partial charge in [-0.15, -0.1) is 3.89 Å². The van der Waals surface area contributed by atoms with E-state index in [-0.39, 0.29) is 12.2 Å². The van der Waals surface area contributed by atoms with Gasteiger partial charge in [0.25, 0.3) is 0 Å². The molecule has 0 aliphatic carbocycles. The second-order valence-corrected chi connectivity index (χ2v) is 7.25. The molecule has 0 N–H and O–H groups in total. The van der Waals surface area contributed by atoms with E-state index in [2.05, 4.69) is 0 Å². The van der Waals surface area contributed by atoms with Crippen molar-refractivity contribution in [1.29, 1.82) is 0 Å². The highest BCUT2D eigenvalue weighted by Crippen LogP contribution is 2.31. The van der Waals surface area contributed by atoms with Crippen LogP contribution in [0.2, 0.25) is 0 Å². The quantitative estimate of drug-likeness (QED) is 0.794. The third-order valence-corrected chi connectivity index (χ3v) is 5.29. The molecule has 2 aliphatic rings. The highest BCUT2D eigenvalue weighted by atomic mass is 32.3. The predicted octanol–water partition coefficient (Wildman–Crippen LogP) is 1.83. The molecule has 3 rings (SSSR count). The number of nitrogens with zero attached hydrogens (tertiary/aromatic N) is 2. The Labute approximate surface area is 127 Å². The molecule has 0 saturated carbocycles. The van der Waals surface area contributed by atoms with Gasteiger partial charge in [-0.3, -0.25) is 4.79 Å². The van der Waals surface area contributed by atoms with E-state index in [0.29, 0.717) is 5.69 Å². The summed E-state index contributed by atoms with van der Waals surface area (Å²) in [6.45, 7) is 1.31. The van der Waals surface area contributed by atoms with Crippen molar-refractivity contribution in [2.24, 2.45) is 0 Å². The van der Waals surface area contributed by atoms with Crippen molar-refractivity contribution in [3.05, 3.63) is 24.0 Å². The summed E-state index contributed by atoms with van der Waals surface area (Å²) in [4.78, 5) is 14.9. The largest absolute Gasteiger partial charge is 0.369 e. The topological polar surface area (TPSA) is 57.7 Å². The fraction of sp³-hybridized carbons (Fsp3) is 0.500. The van der Waals surface area contributed by atoms with Gasteiger partial charge in [0, 0.05) is 31.7 Å². The first-order valence-electron chi connectivity index (χ1n) is 7.14. The van der Waals surface area contributed by atoms with Crippen LogP contribution >= 0.6 is 0 Å². The number of amides is 1. The Morgan fingerprint density at radius 2 is 1.86 bits per heavy atom. The summed E-state index contributed by atoms with van der Waals surface area (Å²) in [5, 5.41) is -1.37. The minimum absolute atomic E-state index is 0.261. The Balaban J connectivity index is 1.83. The summed E-state index contributed by atoms with van der Waals surface area (Å²) in [7, 11) is -4.77. The first kappa shape index (κ1) is 15.2. The number of anilines is 2. The lowest BCUT2D eigenvalue weighted by molar-refractivity contribution is -0.117. The van der Waals surface area contributed by atoms with Gasteiger partial charge in [-0.25, -0.2) is 4.39 Å². The lowest BCUT2D eigenvalue weighted by Crippen LogP contribution is -2.27. The first-order valence-corrected chi connectivity index (χ1v) is 8.59. The average molecular weight is 330 g/mol. The van der Waals surface area contributed by atoms with Gasteiger partial charge in [0.15, 0.2) is 0 Å². The molecular weight excluding hydrogens is 314 g/mol. The molecule has 1 unspecified atom stereocenters. The molecular formula is C14H16F2N2O3S. The van der Waals surface area contributed by atoms with Gasteiger partial charge in [0.1, 0.15) is 11.1 Å². The predicted molar refractivity (Wildman–Crippen MR) is 78.6 cm³/mol. The Hall–Kier alpha value is -1.70. The van der Waals surface area contributed by atoms with Gasteiger partial charge in [-0.2, -0.15) is 8.42 Å².